The van der Waals surface area contributed by atoms with Gasteiger partial charge in [-0.05, 0) is 36.4 Å². The van der Waals surface area contributed by atoms with E-state index in [1.165, 1.54) is 7.11 Å². The van der Waals surface area contributed by atoms with Gasteiger partial charge in [0, 0.05) is 7.11 Å². The van der Waals surface area contributed by atoms with Crippen molar-refractivity contribution >= 4 is 11.9 Å². The van der Waals surface area contributed by atoms with Gasteiger partial charge in [-0.25, -0.2) is 9.59 Å². The molecule has 2 aromatic rings. The lowest BCUT2D eigenvalue weighted by Gasteiger charge is -2.30. The van der Waals surface area contributed by atoms with Crippen molar-refractivity contribution in [3.05, 3.63) is 83.9 Å². The van der Waals surface area contributed by atoms with Crippen molar-refractivity contribution in [3.63, 3.8) is 0 Å². The van der Waals surface area contributed by atoms with Crippen LogP contribution >= 0.6 is 0 Å². The predicted molar refractivity (Wildman–Crippen MR) is 101 cm³/mol. The topological polar surface area (TPSA) is 102 Å². The smallest absolute Gasteiger partial charge is 0.338 e. The van der Waals surface area contributed by atoms with E-state index in [1.54, 1.807) is 66.7 Å². The summed E-state index contributed by atoms with van der Waals surface area (Å²) in [6, 6.07) is 17.0. The second-order valence-electron chi connectivity index (χ2n) is 5.75. The zero-order chi connectivity index (χ0) is 20.4. The highest BCUT2D eigenvalue weighted by Gasteiger charge is 2.29. The molecule has 2 aromatic carbocycles. The molecule has 7 heteroatoms. The Bertz CT molecular complexity index is 774. The number of aliphatic hydroxyl groups is 1. The van der Waals surface area contributed by atoms with Gasteiger partial charge in [-0.2, -0.15) is 0 Å². The quantitative estimate of drug-likeness (QED) is 0.601. The van der Waals surface area contributed by atoms with Gasteiger partial charge in [0.15, 0.2) is 6.29 Å². The number of carboxylic acid groups (broad SMARTS) is 1. The standard InChI is InChI=1S/C14H16O5.C7H6O2/c1-17-13-8-7-11(12(9-15)18-13)19-14(16)10-5-3-2-4-6-10;8-7(9)6-4-2-1-3-5-6/h2-8,11-13,15H,9H2,1H3;1-5H,(H,8,9). The normalized spacial score (nSPS) is 20.6. The van der Waals surface area contributed by atoms with Crippen LogP contribution in [0.1, 0.15) is 20.7 Å². The lowest BCUT2D eigenvalue weighted by Crippen LogP contribution is -2.41. The molecule has 0 fully saturated rings. The molecule has 0 spiro atoms. The van der Waals surface area contributed by atoms with Crippen LogP contribution in [0.5, 0.6) is 0 Å². The van der Waals surface area contributed by atoms with Crippen molar-refractivity contribution in [2.45, 2.75) is 18.5 Å². The first kappa shape index (κ1) is 21.3. The average Bonchev–Trinajstić information content (AvgIpc) is 2.75. The molecule has 1 heterocycles. The number of carbonyl (C=O) groups excluding carboxylic acids is 1. The first-order valence-corrected chi connectivity index (χ1v) is 8.57. The van der Waals surface area contributed by atoms with E-state index in [1.807, 2.05) is 6.07 Å². The van der Waals surface area contributed by atoms with Gasteiger partial charge in [0.2, 0.25) is 0 Å². The maximum Gasteiger partial charge on any atom is 0.338 e. The predicted octanol–water partition coefficient (Wildman–Crippen LogP) is 2.52. The van der Waals surface area contributed by atoms with E-state index in [4.69, 9.17) is 19.3 Å². The third-order valence-electron chi connectivity index (χ3n) is 3.82. The molecule has 0 amide bonds. The molecule has 3 rings (SSSR count). The summed E-state index contributed by atoms with van der Waals surface area (Å²) in [4.78, 5) is 22.1. The first-order chi connectivity index (χ1) is 13.5. The van der Waals surface area contributed by atoms with Gasteiger partial charge < -0.3 is 24.4 Å². The maximum absolute atomic E-state index is 11.9. The Morgan fingerprint density at radius 3 is 2.00 bits per heavy atom. The number of aliphatic hydroxyl groups excluding tert-OH is 1. The fourth-order valence-corrected chi connectivity index (χ4v) is 2.36. The molecule has 0 aliphatic carbocycles. The molecule has 7 nitrogen and oxygen atoms in total. The van der Waals surface area contributed by atoms with E-state index in [9.17, 15) is 14.7 Å². The van der Waals surface area contributed by atoms with Crippen LogP contribution in [0.15, 0.2) is 72.8 Å². The zero-order valence-electron chi connectivity index (χ0n) is 15.3. The van der Waals surface area contributed by atoms with Gasteiger partial charge in [-0.15, -0.1) is 0 Å². The summed E-state index contributed by atoms with van der Waals surface area (Å²) >= 11 is 0. The van der Waals surface area contributed by atoms with E-state index >= 15 is 0 Å². The van der Waals surface area contributed by atoms with E-state index in [2.05, 4.69) is 0 Å². The third-order valence-corrected chi connectivity index (χ3v) is 3.82. The molecule has 0 aromatic heterocycles. The van der Waals surface area contributed by atoms with Crippen LogP contribution in [0.3, 0.4) is 0 Å². The summed E-state index contributed by atoms with van der Waals surface area (Å²) < 4.78 is 15.7. The SMILES string of the molecule is COC1C=CC(OC(=O)c2ccccc2)C(CO)O1.O=C(O)c1ccccc1. The second kappa shape index (κ2) is 11.0. The lowest BCUT2D eigenvalue weighted by molar-refractivity contribution is -0.169. The van der Waals surface area contributed by atoms with Crippen molar-refractivity contribution in [2.75, 3.05) is 13.7 Å². The monoisotopic (exact) mass is 386 g/mol. The Hall–Kier alpha value is -3.00. The van der Waals surface area contributed by atoms with Crippen LogP contribution in [0, 0.1) is 0 Å². The highest BCUT2D eigenvalue weighted by atomic mass is 16.7. The summed E-state index contributed by atoms with van der Waals surface area (Å²) in [5.74, 6) is -1.33. The van der Waals surface area contributed by atoms with Gasteiger partial charge in [0.25, 0.3) is 0 Å². The summed E-state index contributed by atoms with van der Waals surface area (Å²) in [7, 11) is 1.50. The minimum Gasteiger partial charge on any atom is -0.478 e. The van der Waals surface area contributed by atoms with Crippen molar-refractivity contribution in [2.24, 2.45) is 0 Å². The van der Waals surface area contributed by atoms with Crippen LogP contribution in [-0.2, 0) is 14.2 Å². The number of aromatic carboxylic acids is 1. The average molecular weight is 386 g/mol. The highest BCUT2D eigenvalue weighted by Crippen LogP contribution is 2.17. The van der Waals surface area contributed by atoms with Gasteiger partial charge in [-0.1, -0.05) is 36.4 Å². The Labute approximate surface area is 162 Å². The number of benzene rings is 2. The Kier molecular flexibility index (Phi) is 8.36. The van der Waals surface area contributed by atoms with E-state index < -0.39 is 30.4 Å². The minimum absolute atomic E-state index is 0.253. The van der Waals surface area contributed by atoms with Gasteiger partial charge in [0.05, 0.1) is 17.7 Å². The Morgan fingerprint density at radius 1 is 0.964 bits per heavy atom. The van der Waals surface area contributed by atoms with Gasteiger partial charge in [-0.3, -0.25) is 0 Å². The van der Waals surface area contributed by atoms with Crippen molar-refractivity contribution < 1.29 is 34.0 Å². The molecule has 3 unspecified atom stereocenters. The van der Waals surface area contributed by atoms with Crippen LogP contribution in [0.25, 0.3) is 0 Å². The molecule has 0 saturated carbocycles. The molecule has 0 saturated heterocycles. The minimum atomic E-state index is -0.879. The van der Waals surface area contributed by atoms with E-state index in [-0.39, 0.29) is 6.61 Å². The van der Waals surface area contributed by atoms with Crippen LogP contribution < -0.4 is 0 Å². The van der Waals surface area contributed by atoms with Crippen LogP contribution in [0.4, 0.5) is 0 Å². The number of ether oxygens (including phenoxy) is 3. The fourth-order valence-electron chi connectivity index (χ4n) is 2.36. The Morgan fingerprint density at radius 2 is 1.54 bits per heavy atom. The van der Waals surface area contributed by atoms with Crippen LogP contribution in [-0.4, -0.2) is 54.4 Å². The molecule has 148 valence electrons. The molecule has 1 aliphatic heterocycles. The molecule has 2 N–H and O–H groups in total. The number of esters is 1. The number of carboxylic acids is 1. The number of methoxy groups -OCH3 is 1. The maximum atomic E-state index is 11.9. The fraction of sp³-hybridized carbons (Fsp3) is 0.238. The number of hydrogen-bond acceptors (Lipinski definition) is 6. The molecular weight excluding hydrogens is 364 g/mol. The number of rotatable bonds is 5. The second-order valence-corrected chi connectivity index (χ2v) is 5.75. The summed E-state index contributed by atoms with van der Waals surface area (Å²) in [6.45, 7) is -0.253. The first-order valence-electron chi connectivity index (χ1n) is 8.57. The Balaban J connectivity index is 0.000000261. The van der Waals surface area contributed by atoms with Crippen molar-refractivity contribution in [1.82, 2.24) is 0 Å². The lowest BCUT2D eigenvalue weighted by atomic mass is 10.1. The van der Waals surface area contributed by atoms with E-state index in [0.717, 1.165) is 0 Å². The van der Waals surface area contributed by atoms with Crippen molar-refractivity contribution in [1.29, 1.82) is 0 Å². The zero-order valence-corrected chi connectivity index (χ0v) is 15.3. The molecular formula is C21H22O7. The molecule has 28 heavy (non-hydrogen) atoms. The molecule has 0 radical (unpaired) electrons. The van der Waals surface area contributed by atoms with E-state index in [0.29, 0.717) is 11.1 Å². The molecule has 0 bridgehead atoms. The molecule has 1 aliphatic rings. The van der Waals surface area contributed by atoms with Gasteiger partial charge >= 0.3 is 11.9 Å². The van der Waals surface area contributed by atoms with Crippen LogP contribution in [0.2, 0.25) is 0 Å². The largest absolute Gasteiger partial charge is 0.478 e. The summed E-state index contributed by atoms with van der Waals surface area (Å²) in [6.07, 6.45) is 1.55. The van der Waals surface area contributed by atoms with Crippen molar-refractivity contribution in [3.8, 4) is 0 Å². The molecule has 3 atom stereocenters. The highest BCUT2D eigenvalue weighted by molar-refractivity contribution is 5.89. The number of carbonyl (C=O) groups is 2. The number of hydrogen-bond donors (Lipinski definition) is 2. The van der Waals surface area contributed by atoms with Gasteiger partial charge in [0.1, 0.15) is 12.2 Å². The summed E-state index contributed by atoms with van der Waals surface area (Å²) in [5, 5.41) is 17.6. The summed E-state index contributed by atoms with van der Waals surface area (Å²) in [5.41, 5.74) is 0.791. The third kappa shape index (κ3) is 6.31.